The van der Waals surface area contributed by atoms with Crippen LogP contribution in [0.25, 0.3) is 0 Å². The number of nitrogens with zero attached hydrogens (tertiary/aromatic N) is 1. The fourth-order valence-electron chi connectivity index (χ4n) is 1.76. The van der Waals surface area contributed by atoms with E-state index >= 15 is 0 Å². The molecule has 4 nitrogen and oxygen atoms in total. The van der Waals surface area contributed by atoms with Gasteiger partial charge in [0.1, 0.15) is 12.4 Å². The van der Waals surface area contributed by atoms with E-state index in [4.69, 9.17) is 9.47 Å². The summed E-state index contributed by atoms with van der Waals surface area (Å²) < 4.78 is 10.8. The highest BCUT2D eigenvalue weighted by atomic mass is 16.5. The van der Waals surface area contributed by atoms with Gasteiger partial charge < -0.3 is 14.6 Å². The van der Waals surface area contributed by atoms with Crippen LogP contribution in [0.3, 0.4) is 0 Å². The number of rotatable bonds is 5. The maximum Gasteiger partial charge on any atom is 0.213 e. The molecule has 0 aliphatic rings. The van der Waals surface area contributed by atoms with Crippen LogP contribution in [0.15, 0.2) is 42.5 Å². The summed E-state index contributed by atoms with van der Waals surface area (Å²) in [7, 11) is 1.58. The van der Waals surface area contributed by atoms with Crippen LogP contribution < -0.4 is 9.47 Å². The second-order valence-electron chi connectivity index (χ2n) is 4.17. The number of hydrogen-bond acceptors (Lipinski definition) is 4. The van der Waals surface area contributed by atoms with Crippen LogP contribution >= 0.6 is 0 Å². The highest BCUT2D eigenvalue weighted by Gasteiger charge is 2.08. The van der Waals surface area contributed by atoms with Crippen molar-refractivity contribution in [2.24, 2.45) is 0 Å². The zero-order valence-electron chi connectivity index (χ0n) is 11.0. The van der Waals surface area contributed by atoms with E-state index in [1.807, 2.05) is 36.4 Å². The van der Waals surface area contributed by atoms with Crippen molar-refractivity contribution in [3.8, 4) is 11.6 Å². The van der Waals surface area contributed by atoms with E-state index in [2.05, 4.69) is 4.98 Å². The van der Waals surface area contributed by atoms with Gasteiger partial charge in [-0.1, -0.05) is 24.3 Å². The van der Waals surface area contributed by atoms with Gasteiger partial charge in [-0.05, 0) is 19.1 Å². The summed E-state index contributed by atoms with van der Waals surface area (Å²) in [6.45, 7) is 2.05. The molecule has 0 aliphatic carbocycles. The van der Waals surface area contributed by atoms with Crippen molar-refractivity contribution in [3.05, 3.63) is 53.7 Å². The highest BCUT2D eigenvalue weighted by molar-refractivity contribution is 5.34. The second kappa shape index (κ2) is 6.20. The van der Waals surface area contributed by atoms with Crippen molar-refractivity contribution in [1.82, 2.24) is 4.98 Å². The number of methoxy groups -OCH3 is 1. The Morgan fingerprint density at radius 1 is 1.16 bits per heavy atom. The molecule has 1 aromatic carbocycles. The third kappa shape index (κ3) is 3.45. The third-order valence-corrected chi connectivity index (χ3v) is 2.74. The minimum absolute atomic E-state index is 0.334. The standard InChI is InChI=1S/C15H17NO3/c1-11(17)13-7-3-4-8-14(13)19-10-12-6-5-9-15(16-12)18-2/h3-9,11,17H,10H2,1-2H3/t11-/m0/s1. The predicted molar refractivity (Wildman–Crippen MR) is 72.2 cm³/mol. The van der Waals surface area contributed by atoms with E-state index in [9.17, 15) is 5.11 Å². The summed E-state index contributed by atoms with van der Waals surface area (Å²) >= 11 is 0. The highest BCUT2D eigenvalue weighted by Crippen LogP contribution is 2.25. The van der Waals surface area contributed by atoms with Gasteiger partial charge in [0.05, 0.1) is 18.9 Å². The summed E-state index contributed by atoms with van der Waals surface area (Å²) in [5, 5.41) is 9.67. The molecule has 0 fully saturated rings. The summed E-state index contributed by atoms with van der Waals surface area (Å²) in [4.78, 5) is 4.27. The van der Waals surface area contributed by atoms with Crippen LogP contribution in [0.2, 0.25) is 0 Å². The summed E-state index contributed by atoms with van der Waals surface area (Å²) in [5.41, 5.74) is 1.55. The molecule has 19 heavy (non-hydrogen) atoms. The molecule has 1 atom stereocenters. The lowest BCUT2D eigenvalue weighted by molar-refractivity contribution is 0.189. The molecule has 1 N–H and O–H groups in total. The van der Waals surface area contributed by atoms with Crippen molar-refractivity contribution in [2.45, 2.75) is 19.6 Å². The average Bonchev–Trinajstić information content (AvgIpc) is 2.45. The molecule has 0 aliphatic heterocycles. The Bertz CT molecular complexity index is 540. The lowest BCUT2D eigenvalue weighted by Crippen LogP contribution is -2.02. The van der Waals surface area contributed by atoms with Gasteiger partial charge in [-0.3, -0.25) is 0 Å². The first-order chi connectivity index (χ1) is 9.20. The summed E-state index contributed by atoms with van der Waals surface area (Å²) in [6.07, 6.45) is -0.561. The van der Waals surface area contributed by atoms with E-state index in [1.165, 1.54) is 0 Å². The number of pyridine rings is 1. The Balaban J connectivity index is 2.10. The predicted octanol–water partition coefficient (Wildman–Crippen LogP) is 2.72. The SMILES string of the molecule is COc1cccc(COc2ccccc2[C@H](C)O)n1. The van der Waals surface area contributed by atoms with Gasteiger partial charge in [0.15, 0.2) is 0 Å². The van der Waals surface area contributed by atoms with Crippen LogP contribution in [-0.4, -0.2) is 17.2 Å². The molecule has 0 spiro atoms. The normalized spacial score (nSPS) is 11.9. The number of hydrogen-bond donors (Lipinski definition) is 1. The molecule has 2 rings (SSSR count). The maximum absolute atomic E-state index is 9.67. The van der Waals surface area contributed by atoms with E-state index in [0.29, 0.717) is 18.2 Å². The lowest BCUT2D eigenvalue weighted by Gasteiger charge is -2.13. The van der Waals surface area contributed by atoms with Gasteiger partial charge in [0.25, 0.3) is 0 Å². The van der Waals surface area contributed by atoms with Crippen molar-refractivity contribution in [1.29, 1.82) is 0 Å². The largest absolute Gasteiger partial charge is 0.487 e. The van der Waals surface area contributed by atoms with Gasteiger partial charge >= 0.3 is 0 Å². The minimum Gasteiger partial charge on any atom is -0.487 e. The van der Waals surface area contributed by atoms with E-state index < -0.39 is 6.10 Å². The molecule has 1 aromatic heterocycles. The summed E-state index contributed by atoms with van der Waals surface area (Å²) in [5.74, 6) is 1.23. The smallest absolute Gasteiger partial charge is 0.213 e. The molecule has 100 valence electrons. The van der Waals surface area contributed by atoms with Crippen LogP contribution in [0.5, 0.6) is 11.6 Å². The van der Waals surface area contributed by atoms with Gasteiger partial charge in [-0.25, -0.2) is 4.98 Å². The Morgan fingerprint density at radius 3 is 2.68 bits per heavy atom. The molecule has 0 bridgehead atoms. The van der Waals surface area contributed by atoms with Crippen molar-refractivity contribution in [3.63, 3.8) is 0 Å². The first kappa shape index (κ1) is 13.4. The Hall–Kier alpha value is -2.07. The minimum atomic E-state index is -0.561. The van der Waals surface area contributed by atoms with Gasteiger partial charge in [0, 0.05) is 11.6 Å². The molecule has 0 saturated heterocycles. The fraction of sp³-hybridized carbons (Fsp3) is 0.267. The number of aliphatic hydroxyl groups excluding tert-OH is 1. The van der Waals surface area contributed by atoms with Crippen molar-refractivity contribution in [2.75, 3.05) is 7.11 Å². The van der Waals surface area contributed by atoms with Gasteiger partial charge in [-0.15, -0.1) is 0 Å². The van der Waals surface area contributed by atoms with Crippen LogP contribution in [0.4, 0.5) is 0 Å². The molecule has 2 aromatic rings. The maximum atomic E-state index is 9.67. The molecule has 0 saturated carbocycles. The van der Waals surface area contributed by atoms with Crippen molar-refractivity contribution < 1.29 is 14.6 Å². The third-order valence-electron chi connectivity index (χ3n) is 2.74. The van der Waals surface area contributed by atoms with E-state index in [1.54, 1.807) is 20.1 Å². The van der Waals surface area contributed by atoms with Gasteiger partial charge in [-0.2, -0.15) is 0 Å². The lowest BCUT2D eigenvalue weighted by atomic mass is 10.1. The van der Waals surface area contributed by atoms with Crippen LogP contribution in [0, 0.1) is 0 Å². The number of para-hydroxylation sites is 1. The molecule has 1 heterocycles. The zero-order chi connectivity index (χ0) is 13.7. The number of aliphatic hydroxyl groups is 1. The molecule has 0 radical (unpaired) electrons. The Labute approximate surface area is 112 Å². The molecular weight excluding hydrogens is 242 g/mol. The van der Waals surface area contributed by atoms with E-state index in [-0.39, 0.29) is 0 Å². The molecular formula is C15H17NO3. The average molecular weight is 259 g/mol. The second-order valence-corrected chi connectivity index (χ2v) is 4.17. The topological polar surface area (TPSA) is 51.6 Å². The molecule has 4 heteroatoms. The number of benzene rings is 1. The monoisotopic (exact) mass is 259 g/mol. The first-order valence-corrected chi connectivity index (χ1v) is 6.10. The number of aromatic nitrogens is 1. The quantitative estimate of drug-likeness (QED) is 0.897. The Kier molecular flexibility index (Phi) is 4.36. The van der Waals surface area contributed by atoms with Gasteiger partial charge in [0.2, 0.25) is 5.88 Å². The van der Waals surface area contributed by atoms with Crippen molar-refractivity contribution >= 4 is 0 Å². The van der Waals surface area contributed by atoms with Crippen LogP contribution in [0.1, 0.15) is 24.3 Å². The molecule has 0 amide bonds. The summed E-state index contributed by atoms with van der Waals surface area (Å²) in [6, 6.07) is 13.0. The van der Waals surface area contributed by atoms with Crippen LogP contribution in [-0.2, 0) is 6.61 Å². The number of ether oxygens (including phenoxy) is 2. The first-order valence-electron chi connectivity index (χ1n) is 6.10. The van der Waals surface area contributed by atoms with E-state index in [0.717, 1.165) is 11.3 Å². The fourth-order valence-corrected chi connectivity index (χ4v) is 1.76. The Morgan fingerprint density at radius 2 is 1.95 bits per heavy atom. The zero-order valence-corrected chi connectivity index (χ0v) is 11.0. The molecule has 0 unspecified atom stereocenters.